The highest BCUT2D eigenvalue weighted by molar-refractivity contribution is 7.98. The van der Waals surface area contributed by atoms with Gasteiger partial charge in [-0.3, -0.25) is 0 Å². The van der Waals surface area contributed by atoms with Gasteiger partial charge in [0.25, 0.3) is 0 Å². The zero-order valence-corrected chi connectivity index (χ0v) is 12.2. The van der Waals surface area contributed by atoms with Crippen molar-refractivity contribution in [1.29, 1.82) is 0 Å². The summed E-state index contributed by atoms with van der Waals surface area (Å²) in [5, 5.41) is 4.26. The molecule has 1 aliphatic heterocycles. The molecule has 0 spiro atoms. The van der Waals surface area contributed by atoms with Gasteiger partial charge in [-0.05, 0) is 54.3 Å². The van der Waals surface area contributed by atoms with E-state index in [0.29, 0.717) is 0 Å². The predicted octanol–water partition coefficient (Wildman–Crippen LogP) is 4.99. The molecule has 1 aliphatic rings. The van der Waals surface area contributed by atoms with Crippen molar-refractivity contribution in [1.82, 2.24) is 0 Å². The van der Waals surface area contributed by atoms with E-state index < -0.39 is 0 Å². The standard InChI is InChI=1S/C16H16ClNS/c17-14-5-1-3-12(9-14)11-19-15-6-7-16-13(10-15)4-2-8-18-16/h1,3,5-7,9-10,18H,2,4,8,11H2. The molecule has 2 aromatic carbocycles. The number of benzene rings is 2. The topological polar surface area (TPSA) is 12.0 Å². The van der Waals surface area contributed by atoms with Crippen LogP contribution in [-0.4, -0.2) is 6.54 Å². The molecule has 0 radical (unpaired) electrons. The van der Waals surface area contributed by atoms with Gasteiger partial charge in [0.05, 0.1) is 0 Å². The van der Waals surface area contributed by atoms with Crippen LogP contribution in [0, 0.1) is 0 Å². The summed E-state index contributed by atoms with van der Waals surface area (Å²) < 4.78 is 0. The quantitative estimate of drug-likeness (QED) is 0.799. The van der Waals surface area contributed by atoms with E-state index in [9.17, 15) is 0 Å². The minimum absolute atomic E-state index is 0.813. The highest BCUT2D eigenvalue weighted by Gasteiger charge is 2.08. The van der Waals surface area contributed by atoms with Crippen LogP contribution >= 0.6 is 23.4 Å². The summed E-state index contributed by atoms with van der Waals surface area (Å²) >= 11 is 7.87. The van der Waals surface area contributed by atoms with Crippen LogP contribution in [-0.2, 0) is 12.2 Å². The summed E-state index contributed by atoms with van der Waals surface area (Å²) in [6, 6.07) is 14.8. The molecule has 3 rings (SSSR count). The smallest absolute Gasteiger partial charge is 0.0409 e. The Kier molecular flexibility index (Phi) is 4.00. The van der Waals surface area contributed by atoms with Crippen LogP contribution in [0.5, 0.6) is 0 Å². The van der Waals surface area contributed by atoms with Crippen LogP contribution in [0.4, 0.5) is 5.69 Å². The van der Waals surface area contributed by atoms with Gasteiger partial charge in [0.1, 0.15) is 0 Å². The second-order valence-corrected chi connectivity index (χ2v) is 6.25. The molecule has 1 heterocycles. The summed E-state index contributed by atoms with van der Waals surface area (Å²) in [6.45, 7) is 1.10. The van der Waals surface area contributed by atoms with Gasteiger partial charge in [0.2, 0.25) is 0 Å². The van der Waals surface area contributed by atoms with E-state index in [4.69, 9.17) is 11.6 Å². The Bertz CT molecular complexity index is 583. The van der Waals surface area contributed by atoms with Crippen LogP contribution < -0.4 is 5.32 Å². The second kappa shape index (κ2) is 5.89. The maximum atomic E-state index is 6.00. The number of halogens is 1. The number of fused-ring (bicyclic) bond motifs is 1. The maximum Gasteiger partial charge on any atom is 0.0409 e. The second-order valence-electron chi connectivity index (χ2n) is 4.77. The third-order valence-corrected chi connectivity index (χ3v) is 4.61. The van der Waals surface area contributed by atoms with Crippen molar-refractivity contribution in [2.45, 2.75) is 23.5 Å². The lowest BCUT2D eigenvalue weighted by Gasteiger charge is -2.18. The first-order chi connectivity index (χ1) is 9.31. The van der Waals surface area contributed by atoms with Crippen molar-refractivity contribution >= 4 is 29.1 Å². The molecule has 0 aromatic heterocycles. The van der Waals surface area contributed by atoms with Gasteiger partial charge in [-0.25, -0.2) is 0 Å². The first-order valence-electron chi connectivity index (χ1n) is 6.55. The Balaban J connectivity index is 1.70. The van der Waals surface area contributed by atoms with Gasteiger partial charge in [-0.1, -0.05) is 23.7 Å². The zero-order valence-electron chi connectivity index (χ0n) is 10.7. The van der Waals surface area contributed by atoms with Crippen molar-refractivity contribution in [3.05, 3.63) is 58.6 Å². The summed E-state index contributed by atoms with van der Waals surface area (Å²) in [4.78, 5) is 1.34. The van der Waals surface area contributed by atoms with Crippen molar-refractivity contribution < 1.29 is 0 Å². The molecule has 19 heavy (non-hydrogen) atoms. The molecule has 3 heteroatoms. The van der Waals surface area contributed by atoms with Crippen molar-refractivity contribution in [3.63, 3.8) is 0 Å². The third-order valence-electron chi connectivity index (χ3n) is 3.31. The van der Waals surface area contributed by atoms with Crippen molar-refractivity contribution in [2.75, 3.05) is 11.9 Å². The number of aryl methyl sites for hydroxylation is 1. The van der Waals surface area contributed by atoms with Gasteiger partial charge in [0.15, 0.2) is 0 Å². The molecule has 1 nitrogen and oxygen atoms in total. The summed E-state index contributed by atoms with van der Waals surface area (Å²) in [6.07, 6.45) is 2.42. The van der Waals surface area contributed by atoms with Crippen molar-refractivity contribution in [2.24, 2.45) is 0 Å². The van der Waals surface area contributed by atoms with E-state index in [-0.39, 0.29) is 0 Å². The zero-order chi connectivity index (χ0) is 13.1. The molecule has 0 fully saturated rings. The van der Waals surface area contributed by atoms with E-state index in [1.807, 2.05) is 30.0 Å². The fourth-order valence-electron chi connectivity index (χ4n) is 2.33. The predicted molar refractivity (Wildman–Crippen MR) is 84.3 cm³/mol. The minimum atomic E-state index is 0.813. The lowest BCUT2D eigenvalue weighted by atomic mass is 10.0. The average molecular weight is 290 g/mol. The lowest BCUT2D eigenvalue weighted by molar-refractivity contribution is 0.827. The molecular weight excluding hydrogens is 274 g/mol. The maximum absolute atomic E-state index is 6.00. The fraction of sp³-hybridized carbons (Fsp3) is 0.250. The largest absolute Gasteiger partial charge is 0.385 e. The molecule has 0 saturated heterocycles. The Morgan fingerprint density at radius 2 is 2.11 bits per heavy atom. The van der Waals surface area contributed by atoms with Gasteiger partial charge < -0.3 is 5.32 Å². The summed E-state index contributed by atoms with van der Waals surface area (Å²) in [5.41, 5.74) is 4.02. The Morgan fingerprint density at radius 3 is 3.00 bits per heavy atom. The summed E-state index contributed by atoms with van der Waals surface area (Å²) in [7, 11) is 0. The average Bonchev–Trinajstić information content (AvgIpc) is 2.45. The SMILES string of the molecule is Clc1cccc(CSc2ccc3c(c2)CCCN3)c1. The lowest BCUT2D eigenvalue weighted by Crippen LogP contribution is -2.11. The van der Waals surface area contributed by atoms with Gasteiger partial charge in [0, 0.05) is 27.9 Å². The third kappa shape index (κ3) is 3.26. The first-order valence-corrected chi connectivity index (χ1v) is 7.92. The number of anilines is 1. The first kappa shape index (κ1) is 12.9. The highest BCUT2D eigenvalue weighted by Crippen LogP contribution is 2.30. The van der Waals surface area contributed by atoms with E-state index in [0.717, 1.165) is 17.3 Å². The molecular formula is C16H16ClNS. The number of thioether (sulfide) groups is 1. The minimum Gasteiger partial charge on any atom is -0.385 e. The normalized spacial score (nSPS) is 13.7. The van der Waals surface area contributed by atoms with E-state index >= 15 is 0 Å². The molecule has 0 aliphatic carbocycles. The number of hydrogen-bond acceptors (Lipinski definition) is 2. The van der Waals surface area contributed by atoms with Crippen LogP contribution in [0.3, 0.4) is 0 Å². The Morgan fingerprint density at radius 1 is 1.16 bits per heavy atom. The fourth-order valence-corrected chi connectivity index (χ4v) is 3.45. The Labute approximate surface area is 123 Å². The van der Waals surface area contributed by atoms with Gasteiger partial charge in [-0.2, -0.15) is 0 Å². The molecule has 0 amide bonds. The van der Waals surface area contributed by atoms with E-state index in [2.05, 4.69) is 29.6 Å². The molecule has 2 aromatic rings. The number of nitrogens with one attached hydrogen (secondary N) is 1. The Hall–Kier alpha value is -1.12. The van der Waals surface area contributed by atoms with Crippen LogP contribution in [0.15, 0.2) is 47.4 Å². The highest BCUT2D eigenvalue weighted by atomic mass is 35.5. The van der Waals surface area contributed by atoms with Crippen LogP contribution in [0.25, 0.3) is 0 Å². The summed E-state index contributed by atoms with van der Waals surface area (Å²) in [5.74, 6) is 0.965. The molecule has 0 saturated carbocycles. The van der Waals surface area contributed by atoms with Gasteiger partial charge >= 0.3 is 0 Å². The van der Waals surface area contributed by atoms with Gasteiger partial charge in [-0.15, -0.1) is 11.8 Å². The molecule has 0 bridgehead atoms. The van der Waals surface area contributed by atoms with Crippen LogP contribution in [0.1, 0.15) is 17.5 Å². The number of rotatable bonds is 3. The molecule has 0 atom stereocenters. The monoisotopic (exact) mass is 289 g/mol. The van der Waals surface area contributed by atoms with Crippen molar-refractivity contribution in [3.8, 4) is 0 Å². The molecule has 0 unspecified atom stereocenters. The number of hydrogen-bond donors (Lipinski definition) is 1. The van der Waals surface area contributed by atoms with Crippen LogP contribution in [0.2, 0.25) is 5.02 Å². The van der Waals surface area contributed by atoms with E-state index in [1.54, 1.807) is 0 Å². The molecule has 98 valence electrons. The molecule has 1 N–H and O–H groups in total. The van der Waals surface area contributed by atoms with E-state index in [1.165, 1.54) is 34.6 Å².